The molecule has 6 N–H and O–H groups in total. The molecule has 0 aromatic carbocycles. The number of hydrogen-bond acceptors (Lipinski definition) is 5. The number of carboxylic acid groups (broad SMARTS) is 1. The van der Waals surface area contributed by atoms with E-state index in [1.807, 2.05) is 6.92 Å². The van der Waals surface area contributed by atoms with Gasteiger partial charge in [-0.2, -0.15) is 0 Å². The SMILES string of the molecule is CCNCC1CC[C@@H](CCB(O)O)C[C@]1(N)C(=O)O. The molecular weight excluding hydrogens is 247 g/mol. The standard InChI is InChI=1S/C12H25BN2O4/c1-2-15-8-10-4-3-9(5-6-13(18)19)7-12(10,14)11(16)17/h9-10,15,18-19H,2-8,14H2,1H3,(H,16,17)/t9-,10?,12+/m0/s1. The first kappa shape index (κ1) is 16.4. The van der Waals surface area contributed by atoms with Crippen molar-refractivity contribution in [2.45, 2.75) is 44.5 Å². The zero-order valence-corrected chi connectivity index (χ0v) is 11.5. The van der Waals surface area contributed by atoms with Gasteiger partial charge in [0, 0.05) is 12.5 Å². The summed E-state index contributed by atoms with van der Waals surface area (Å²) >= 11 is 0. The molecule has 1 saturated carbocycles. The molecule has 0 spiro atoms. The lowest BCUT2D eigenvalue weighted by Crippen LogP contribution is -2.59. The number of aliphatic carboxylic acids is 1. The molecule has 0 bridgehead atoms. The summed E-state index contributed by atoms with van der Waals surface area (Å²) in [5.41, 5.74) is 4.92. The number of carboxylic acids is 1. The topological polar surface area (TPSA) is 116 Å². The Morgan fingerprint density at radius 2 is 2.16 bits per heavy atom. The third-order valence-electron chi connectivity index (χ3n) is 4.15. The van der Waals surface area contributed by atoms with Crippen LogP contribution in [0.2, 0.25) is 6.32 Å². The second-order valence-corrected chi connectivity index (χ2v) is 5.56. The second-order valence-electron chi connectivity index (χ2n) is 5.56. The smallest absolute Gasteiger partial charge is 0.451 e. The van der Waals surface area contributed by atoms with E-state index in [1.54, 1.807) is 0 Å². The summed E-state index contributed by atoms with van der Waals surface area (Å²) in [6.07, 6.45) is 2.96. The molecule has 1 aliphatic carbocycles. The molecule has 7 heteroatoms. The summed E-state index contributed by atoms with van der Waals surface area (Å²) in [6, 6.07) is 0. The van der Waals surface area contributed by atoms with Crippen LogP contribution >= 0.6 is 0 Å². The summed E-state index contributed by atoms with van der Waals surface area (Å²) in [4.78, 5) is 11.5. The Bertz CT molecular complexity index is 303. The van der Waals surface area contributed by atoms with Crippen molar-refractivity contribution < 1.29 is 19.9 Å². The molecule has 110 valence electrons. The fourth-order valence-electron chi connectivity index (χ4n) is 2.94. The van der Waals surface area contributed by atoms with Crippen LogP contribution in [0.15, 0.2) is 0 Å². The van der Waals surface area contributed by atoms with Crippen LogP contribution in [-0.2, 0) is 4.79 Å². The average Bonchev–Trinajstić information content (AvgIpc) is 2.35. The molecule has 1 aliphatic rings. The molecule has 0 saturated heterocycles. The van der Waals surface area contributed by atoms with Gasteiger partial charge >= 0.3 is 13.1 Å². The Balaban J connectivity index is 2.63. The van der Waals surface area contributed by atoms with Crippen molar-refractivity contribution in [3.63, 3.8) is 0 Å². The maximum Gasteiger partial charge on any atom is 0.451 e. The van der Waals surface area contributed by atoms with Crippen LogP contribution < -0.4 is 11.1 Å². The van der Waals surface area contributed by atoms with E-state index in [0.29, 0.717) is 19.4 Å². The third kappa shape index (κ3) is 4.45. The van der Waals surface area contributed by atoms with Crippen molar-refractivity contribution in [2.75, 3.05) is 13.1 Å². The molecule has 1 fully saturated rings. The molecule has 19 heavy (non-hydrogen) atoms. The Kier molecular flexibility index (Phi) is 6.26. The molecule has 0 aliphatic heterocycles. The molecule has 0 aromatic rings. The van der Waals surface area contributed by atoms with E-state index in [1.165, 1.54) is 0 Å². The molecule has 1 unspecified atom stereocenters. The van der Waals surface area contributed by atoms with Crippen molar-refractivity contribution >= 4 is 13.1 Å². The van der Waals surface area contributed by atoms with Gasteiger partial charge in [0.05, 0.1) is 0 Å². The highest BCUT2D eigenvalue weighted by molar-refractivity contribution is 6.40. The van der Waals surface area contributed by atoms with Gasteiger partial charge in [-0.05, 0) is 38.0 Å². The third-order valence-corrected chi connectivity index (χ3v) is 4.15. The monoisotopic (exact) mass is 272 g/mol. The van der Waals surface area contributed by atoms with Gasteiger partial charge in [0.25, 0.3) is 0 Å². The molecule has 1 rings (SSSR count). The Morgan fingerprint density at radius 1 is 1.47 bits per heavy atom. The zero-order valence-electron chi connectivity index (χ0n) is 11.5. The number of hydrogen-bond donors (Lipinski definition) is 5. The predicted octanol–water partition coefficient (Wildman–Crippen LogP) is -0.343. The van der Waals surface area contributed by atoms with Crippen LogP contribution in [0.4, 0.5) is 0 Å². The Hall–Kier alpha value is -0.625. The molecule has 0 heterocycles. The van der Waals surface area contributed by atoms with Gasteiger partial charge in [0.15, 0.2) is 0 Å². The maximum absolute atomic E-state index is 11.5. The van der Waals surface area contributed by atoms with Crippen LogP contribution in [0.1, 0.15) is 32.6 Å². The minimum atomic E-state index is -1.32. The van der Waals surface area contributed by atoms with Crippen molar-refractivity contribution in [1.82, 2.24) is 5.32 Å². The van der Waals surface area contributed by atoms with E-state index in [9.17, 15) is 9.90 Å². The minimum Gasteiger partial charge on any atom is -0.480 e. The lowest BCUT2D eigenvalue weighted by atomic mass is 9.66. The lowest BCUT2D eigenvalue weighted by Gasteiger charge is -2.41. The van der Waals surface area contributed by atoms with Gasteiger partial charge < -0.3 is 26.2 Å². The van der Waals surface area contributed by atoms with Crippen molar-refractivity contribution in [3.8, 4) is 0 Å². The largest absolute Gasteiger partial charge is 0.480 e. The highest BCUT2D eigenvalue weighted by Gasteiger charge is 2.46. The highest BCUT2D eigenvalue weighted by atomic mass is 16.4. The molecule has 0 amide bonds. The average molecular weight is 272 g/mol. The van der Waals surface area contributed by atoms with Crippen LogP contribution in [0, 0.1) is 11.8 Å². The molecule has 3 atom stereocenters. The summed E-state index contributed by atoms with van der Waals surface area (Å²) < 4.78 is 0. The van der Waals surface area contributed by atoms with Gasteiger partial charge in [-0.1, -0.05) is 13.3 Å². The van der Waals surface area contributed by atoms with E-state index < -0.39 is 18.6 Å². The molecule has 0 aromatic heterocycles. The minimum absolute atomic E-state index is 0.0692. The number of nitrogens with one attached hydrogen (secondary N) is 1. The van der Waals surface area contributed by atoms with E-state index in [4.69, 9.17) is 15.8 Å². The van der Waals surface area contributed by atoms with Gasteiger partial charge in [-0.3, -0.25) is 4.79 Å². The summed E-state index contributed by atoms with van der Waals surface area (Å²) in [7, 11) is -1.32. The van der Waals surface area contributed by atoms with E-state index >= 15 is 0 Å². The van der Waals surface area contributed by atoms with Crippen LogP contribution in [-0.4, -0.2) is 46.9 Å². The van der Waals surface area contributed by atoms with Crippen LogP contribution in [0.25, 0.3) is 0 Å². The normalized spacial score (nSPS) is 31.2. The van der Waals surface area contributed by atoms with Crippen molar-refractivity contribution in [3.05, 3.63) is 0 Å². The van der Waals surface area contributed by atoms with Gasteiger partial charge in [0.1, 0.15) is 5.54 Å². The predicted molar refractivity (Wildman–Crippen MR) is 73.5 cm³/mol. The summed E-state index contributed by atoms with van der Waals surface area (Å²) in [5, 5.41) is 30.4. The maximum atomic E-state index is 11.5. The number of carbonyl (C=O) groups is 1. The quantitative estimate of drug-likeness (QED) is 0.405. The van der Waals surface area contributed by atoms with Crippen molar-refractivity contribution in [2.24, 2.45) is 17.6 Å². The summed E-state index contributed by atoms with van der Waals surface area (Å²) in [6.45, 7) is 3.40. The first-order chi connectivity index (χ1) is 8.90. The first-order valence-electron chi connectivity index (χ1n) is 6.99. The highest BCUT2D eigenvalue weighted by Crippen LogP contribution is 2.37. The molecular formula is C12H25BN2O4. The Labute approximate surface area is 114 Å². The van der Waals surface area contributed by atoms with E-state index in [0.717, 1.165) is 19.4 Å². The molecule has 6 nitrogen and oxygen atoms in total. The van der Waals surface area contributed by atoms with Crippen LogP contribution in [0.5, 0.6) is 0 Å². The zero-order chi connectivity index (χ0) is 14.5. The van der Waals surface area contributed by atoms with Crippen LogP contribution in [0.3, 0.4) is 0 Å². The second kappa shape index (κ2) is 7.24. The lowest BCUT2D eigenvalue weighted by molar-refractivity contribution is -0.148. The number of nitrogens with two attached hydrogens (primary N) is 1. The van der Waals surface area contributed by atoms with Gasteiger partial charge in [0.2, 0.25) is 0 Å². The number of rotatable bonds is 7. The fraction of sp³-hybridized carbons (Fsp3) is 0.917. The van der Waals surface area contributed by atoms with E-state index in [2.05, 4.69) is 5.32 Å². The van der Waals surface area contributed by atoms with E-state index in [-0.39, 0.29) is 18.2 Å². The van der Waals surface area contributed by atoms with Gasteiger partial charge in [-0.15, -0.1) is 0 Å². The van der Waals surface area contributed by atoms with Crippen molar-refractivity contribution in [1.29, 1.82) is 0 Å². The first-order valence-corrected chi connectivity index (χ1v) is 6.99. The Morgan fingerprint density at radius 3 is 2.68 bits per heavy atom. The van der Waals surface area contributed by atoms with Gasteiger partial charge in [-0.25, -0.2) is 0 Å². The summed E-state index contributed by atoms with van der Waals surface area (Å²) in [5.74, 6) is -0.870. The molecule has 0 radical (unpaired) electrons. The fourth-order valence-corrected chi connectivity index (χ4v) is 2.94.